The zero-order valence-corrected chi connectivity index (χ0v) is 13.4. The number of carboxylic acids is 1. The van der Waals surface area contributed by atoms with Crippen molar-refractivity contribution in [2.45, 2.75) is 12.8 Å². The highest BCUT2D eigenvalue weighted by Crippen LogP contribution is 2.32. The SMILES string of the molecule is CN(CC(=O)O)C(=O)CCC(=O)c1ccc2c(c1)N(C)C(=O)CO2. The molecule has 1 heterocycles. The van der Waals surface area contributed by atoms with Crippen molar-refractivity contribution in [2.75, 3.05) is 32.1 Å². The molecule has 8 nitrogen and oxygen atoms in total. The number of ether oxygens (including phenoxy) is 1. The van der Waals surface area contributed by atoms with Gasteiger partial charge in [0.05, 0.1) is 5.69 Å². The van der Waals surface area contributed by atoms with Crippen LogP contribution < -0.4 is 9.64 Å². The Kier molecular flexibility index (Phi) is 5.18. The van der Waals surface area contributed by atoms with E-state index in [0.717, 1.165) is 4.90 Å². The Labute approximate surface area is 138 Å². The maximum absolute atomic E-state index is 12.2. The molecular weight excluding hydrogens is 316 g/mol. The molecule has 1 aliphatic rings. The number of likely N-dealkylation sites (N-methyl/N-ethyl adjacent to an activating group) is 2. The highest BCUT2D eigenvalue weighted by Gasteiger charge is 2.23. The van der Waals surface area contributed by atoms with Gasteiger partial charge in [-0.25, -0.2) is 0 Å². The van der Waals surface area contributed by atoms with Crippen molar-refractivity contribution in [3.05, 3.63) is 23.8 Å². The first-order chi connectivity index (χ1) is 11.3. The lowest BCUT2D eigenvalue weighted by atomic mass is 10.0. The van der Waals surface area contributed by atoms with Crippen LogP contribution in [0.5, 0.6) is 5.75 Å². The van der Waals surface area contributed by atoms with Crippen LogP contribution in [0.1, 0.15) is 23.2 Å². The summed E-state index contributed by atoms with van der Waals surface area (Å²) < 4.78 is 5.29. The fraction of sp³-hybridized carbons (Fsp3) is 0.375. The number of ketones is 1. The molecule has 0 unspecified atom stereocenters. The standard InChI is InChI=1S/C16H18N2O6/c1-17(8-16(22)23)14(20)6-4-12(19)10-3-5-13-11(7-10)18(2)15(21)9-24-13/h3,5,7H,4,6,8-9H2,1-2H3,(H,22,23). The van der Waals surface area contributed by atoms with Crippen LogP contribution in [-0.4, -0.2) is 60.8 Å². The van der Waals surface area contributed by atoms with Crippen LogP contribution in [0, 0.1) is 0 Å². The number of carboxylic acid groups (broad SMARTS) is 1. The molecule has 0 bridgehead atoms. The molecule has 0 saturated carbocycles. The van der Waals surface area contributed by atoms with Crippen molar-refractivity contribution in [2.24, 2.45) is 0 Å². The molecule has 2 amide bonds. The Hall–Kier alpha value is -2.90. The number of nitrogens with zero attached hydrogens (tertiary/aromatic N) is 2. The molecule has 0 saturated heterocycles. The van der Waals surface area contributed by atoms with Crippen molar-refractivity contribution < 1.29 is 29.0 Å². The smallest absolute Gasteiger partial charge is 0.323 e. The van der Waals surface area contributed by atoms with Gasteiger partial charge in [0.2, 0.25) is 5.91 Å². The van der Waals surface area contributed by atoms with Gasteiger partial charge in [-0.2, -0.15) is 0 Å². The van der Waals surface area contributed by atoms with E-state index in [1.807, 2.05) is 0 Å². The molecule has 0 atom stereocenters. The minimum atomic E-state index is -1.11. The van der Waals surface area contributed by atoms with Gasteiger partial charge in [-0.15, -0.1) is 0 Å². The number of anilines is 1. The highest BCUT2D eigenvalue weighted by atomic mass is 16.5. The number of fused-ring (bicyclic) bond motifs is 1. The number of aliphatic carboxylic acids is 1. The van der Waals surface area contributed by atoms with E-state index in [2.05, 4.69) is 0 Å². The van der Waals surface area contributed by atoms with Gasteiger partial charge in [0, 0.05) is 32.5 Å². The second-order valence-electron chi connectivity index (χ2n) is 5.49. The quantitative estimate of drug-likeness (QED) is 0.762. The van der Waals surface area contributed by atoms with Crippen molar-refractivity contribution >= 4 is 29.3 Å². The van der Waals surface area contributed by atoms with Gasteiger partial charge in [0.15, 0.2) is 12.4 Å². The molecule has 1 aromatic rings. The minimum Gasteiger partial charge on any atom is -0.482 e. The Morgan fingerprint density at radius 3 is 2.67 bits per heavy atom. The van der Waals surface area contributed by atoms with E-state index in [0.29, 0.717) is 17.0 Å². The monoisotopic (exact) mass is 334 g/mol. The Balaban J connectivity index is 2.02. The first-order valence-electron chi connectivity index (χ1n) is 7.32. The summed E-state index contributed by atoms with van der Waals surface area (Å²) in [7, 11) is 2.97. The van der Waals surface area contributed by atoms with Crippen LogP contribution in [0.4, 0.5) is 5.69 Å². The van der Waals surface area contributed by atoms with Gasteiger partial charge in [0.25, 0.3) is 5.91 Å². The van der Waals surface area contributed by atoms with E-state index in [1.54, 1.807) is 25.2 Å². The number of benzene rings is 1. The fourth-order valence-electron chi connectivity index (χ4n) is 2.29. The zero-order valence-electron chi connectivity index (χ0n) is 13.4. The summed E-state index contributed by atoms with van der Waals surface area (Å²) in [4.78, 5) is 48.7. The molecule has 0 radical (unpaired) electrons. The summed E-state index contributed by atoms with van der Waals surface area (Å²) in [6.07, 6.45) is -0.120. The number of hydrogen-bond acceptors (Lipinski definition) is 5. The summed E-state index contributed by atoms with van der Waals surface area (Å²) in [5.41, 5.74) is 0.874. The zero-order chi connectivity index (χ0) is 17.9. The number of carbonyl (C=O) groups excluding carboxylic acids is 3. The van der Waals surface area contributed by atoms with Crippen molar-refractivity contribution in [1.29, 1.82) is 0 Å². The second kappa shape index (κ2) is 7.12. The molecule has 8 heteroatoms. The summed E-state index contributed by atoms with van der Waals surface area (Å²) in [6, 6.07) is 4.75. The molecular formula is C16H18N2O6. The van der Waals surface area contributed by atoms with Crippen LogP contribution in [0.2, 0.25) is 0 Å². The van der Waals surface area contributed by atoms with Crippen LogP contribution in [0.25, 0.3) is 0 Å². The van der Waals surface area contributed by atoms with Gasteiger partial charge in [-0.3, -0.25) is 19.2 Å². The third-order valence-electron chi connectivity index (χ3n) is 3.73. The van der Waals surface area contributed by atoms with Crippen molar-refractivity contribution in [1.82, 2.24) is 4.90 Å². The van der Waals surface area contributed by atoms with Crippen LogP contribution in [0.3, 0.4) is 0 Å². The van der Waals surface area contributed by atoms with Crippen LogP contribution in [0.15, 0.2) is 18.2 Å². The summed E-state index contributed by atoms with van der Waals surface area (Å²) in [5.74, 6) is -1.48. The highest BCUT2D eigenvalue weighted by molar-refractivity contribution is 6.02. The molecule has 0 aliphatic carbocycles. The van der Waals surface area contributed by atoms with E-state index in [4.69, 9.17) is 9.84 Å². The van der Waals surface area contributed by atoms with Gasteiger partial charge in [-0.05, 0) is 18.2 Å². The molecule has 24 heavy (non-hydrogen) atoms. The van der Waals surface area contributed by atoms with Gasteiger partial charge in [-0.1, -0.05) is 0 Å². The molecule has 128 valence electrons. The predicted octanol–water partition coefficient (Wildman–Crippen LogP) is 0.548. The Bertz CT molecular complexity index is 700. The average molecular weight is 334 g/mol. The van der Waals surface area contributed by atoms with Gasteiger partial charge >= 0.3 is 5.97 Å². The van der Waals surface area contributed by atoms with E-state index in [1.165, 1.54) is 11.9 Å². The lowest BCUT2D eigenvalue weighted by Gasteiger charge is -2.26. The molecule has 0 aromatic heterocycles. The van der Waals surface area contributed by atoms with E-state index >= 15 is 0 Å². The molecule has 1 N–H and O–H groups in total. The van der Waals surface area contributed by atoms with Crippen molar-refractivity contribution in [3.63, 3.8) is 0 Å². The predicted molar refractivity (Wildman–Crippen MR) is 84.2 cm³/mol. The van der Waals surface area contributed by atoms with Gasteiger partial charge in [0.1, 0.15) is 12.3 Å². The average Bonchev–Trinajstić information content (AvgIpc) is 2.54. The van der Waals surface area contributed by atoms with Crippen molar-refractivity contribution in [3.8, 4) is 5.75 Å². The largest absolute Gasteiger partial charge is 0.482 e. The lowest BCUT2D eigenvalue weighted by Crippen LogP contribution is -2.35. The molecule has 2 rings (SSSR count). The summed E-state index contributed by atoms with van der Waals surface area (Å²) in [6.45, 7) is -0.447. The fourth-order valence-corrected chi connectivity index (χ4v) is 2.29. The maximum atomic E-state index is 12.2. The molecule has 1 aliphatic heterocycles. The molecule has 0 fully saturated rings. The number of Topliss-reactive ketones (excluding diaryl/α,β-unsaturated/α-hetero) is 1. The van der Waals surface area contributed by atoms with Crippen LogP contribution >= 0.6 is 0 Å². The number of carbonyl (C=O) groups is 4. The van der Waals surface area contributed by atoms with E-state index < -0.39 is 18.4 Å². The normalized spacial score (nSPS) is 13.1. The topological polar surface area (TPSA) is 104 Å². The Morgan fingerprint density at radius 1 is 1.29 bits per heavy atom. The van der Waals surface area contributed by atoms with E-state index in [-0.39, 0.29) is 31.1 Å². The lowest BCUT2D eigenvalue weighted by molar-refractivity contribution is -0.143. The first kappa shape index (κ1) is 17.5. The maximum Gasteiger partial charge on any atom is 0.323 e. The summed E-state index contributed by atoms with van der Waals surface area (Å²) >= 11 is 0. The van der Waals surface area contributed by atoms with Crippen LogP contribution in [-0.2, 0) is 14.4 Å². The molecule has 1 aromatic carbocycles. The Morgan fingerprint density at radius 2 is 2.00 bits per heavy atom. The first-order valence-corrected chi connectivity index (χ1v) is 7.32. The molecule has 0 spiro atoms. The minimum absolute atomic E-state index is 0.0405. The number of rotatable bonds is 6. The third kappa shape index (κ3) is 3.89. The van der Waals surface area contributed by atoms with E-state index in [9.17, 15) is 19.2 Å². The number of hydrogen-bond donors (Lipinski definition) is 1. The summed E-state index contributed by atoms with van der Waals surface area (Å²) in [5, 5.41) is 8.64. The number of amides is 2. The van der Waals surface area contributed by atoms with Gasteiger partial charge < -0.3 is 19.6 Å². The third-order valence-corrected chi connectivity index (χ3v) is 3.73. The second-order valence-corrected chi connectivity index (χ2v) is 5.49.